The molecule has 0 bridgehead atoms. The highest BCUT2D eigenvalue weighted by molar-refractivity contribution is 6.78. The average Bonchev–Trinajstić information content (AvgIpc) is 2.70. The van der Waals surface area contributed by atoms with Crippen LogP contribution in [0.4, 0.5) is 0 Å². The third kappa shape index (κ3) is 1.48. The molecular formula is C15H9ClN2O. The Balaban J connectivity index is 1.90. The zero-order valence-corrected chi connectivity index (χ0v) is 10.6. The predicted molar refractivity (Wildman–Crippen MR) is 75.4 cm³/mol. The third-order valence-electron chi connectivity index (χ3n) is 3.56. The fourth-order valence-electron chi connectivity index (χ4n) is 2.65. The molecule has 1 aliphatic heterocycles. The van der Waals surface area contributed by atoms with Crippen molar-refractivity contribution in [3.05, 3.63) is 58.7 Å². The summed E-state index contributed by atoms with van der Waals surface area (Å²) < 4.78 is 0. The van der Waals surface area contributed by atoms with Crippen LogP contribution < -0.4 is 0 Å². The van der Waals surface area contributed by atoms with Crippen LogP contribution in [0.2, 0.25) is 0 Å². The van der Waals surface area contributed by atoms with Crippen molar-refractivity contribution >= 4 is 28.8 Å². The van der Waals surface area contributed by atoms with Gasteiger partial charge in [-0.2, -0.15) is 0 Å². The molecule has 1 aromatic carbocycles. The van der Waals surface area contributed by atoms with Crippen molar-refractivity contribution in [2.45, 2.75) is 12.1 Å². The van der Waals surface area contributed by atoms with E-state index in [0.717, 1.165) is 11.3 Å². The molecule has 3 nitrogen and oxygen atoms in total. The molecule has 92 valence electrons. The van der Waals surface area contributed by atoms with Gasteiger partial charge in [-0.05, 0) is 12.2 Å². The predicted octanol–water partition coefficient (Wildman–Crippen LogP) is 2.56. The van der Waals surface area contributed by atoms with E-state index in [1.807, 2.05) is 42.5 Å². The number of benzene rings is 1. The van der Waals surface area contributed by atoms with Crippen LogP contribution in [0.25, 0.3) is 0 Å². The summed E-state index contributed by atoms with van der Waals surface area (Å²) in [6.07, 6.45) is 5.61. The van der Waals surface area contributed by atoms with Crippen LogP contribution in [0.15, 0.2) is 57.5 Å². The van der Waals surface area contributed by atoms with Crippen LogP contribution >= 0.6 is 11.6 Å². The van der Waals surface area contributed by atoms with Crippen molar-refractivity contribution < 1.29 is 4.79 Å². The van der Waals surface area contributed by atoms with Crippen LogP contribution in [0.5, 0.6) is 0 Å². The largest absolute Gasteiger partial charge is 0.287 e. The van der Waals surface area contributed by atoms with E-state index in [2.05, 4.69) is 9.98 Å². The summed E-state index contributed by atoms with van der Waals surface area (Å²) in [4.78, 5) is 21.5. The van der Waals surface area contributed by atoms with Gasteiger partial charge in [0.25, 0.3) is 0 Å². The van der Waals surface area contributed by atoms with Gasteiger partial charge in [-0.1, -0.05) is 41.9 Å². The van der Waals surface area contributed by atoms with Crippen LogP contribution in [-0.4, -0.2) is 29.3 Å². The molecule has 1 heterocycles. The molecule has 0 fully saturated rings. The highest BCUT2D eigenvalue weighted by atomic mass is 35.5. The van der Waals surface area contributed by atoms with Crippen molar-refractivity contribution in [3.8, 4) is 0 Å². The number of Topliss-reactive ketones (excluding diaryl/α,β-unsaturated/α-hetero) is 1. The minimum absolute atomic E-state index is 0.0353. The zero-order valence-electron chi connectivity index (χ0n) is 9.88. The summed E-state index contributed by atoms with van der Waals surface area (Å²) in [5.74, 6) is -0.0353. The van der Waals surface area contributed by atoms with Crippen molar-refractivity contribution in [1.29, 1.82) is 0 Å². The molecule has 0 radical (unpaired) electrons. The Hall–Kier alpha value is -2.00. The summed E-state index contributed by atoms with van der Waals surface area (Å²) in [6, 6.07) is 7.30. The van der Waals surface area contributed by atoms with Gasteiger partial charge >= 0.3 is 0 Å². The first-order valence-corrected chi connectivity index (χ1v) is 6.47. The second-order valence-corrected chi connectivity index (χ2v) is 5.16. The fraction of sp³-hybridized carbons (Fsp3) is 0.133. The monoisotopic (exact) mass is 268 g/mol. The number of carbonyl (C=O) groups is 1. The van der Waals surface area contributed by atoms with Crippen LogP contribution in [-0.2, 0) is 0 Å². The van der Waals surface area contributed by atoms with Gasteiger partial charge in [0.2, 0.25) is 5.78 Å². The molecule has 19 heavy (non-hydrogen) atoms. The third-order valence-corrected chi connectivity index (χ3v) is 3.81. The average molecular weight is 269 g/mol. The molecule has 4 heteroatoms. The lowest BCUT2D eigenvalue weighted by molar-refractivity contribution is 0.106. The Labute approximate surface area is 115 Å². The van der Waals surface area contributed by atoms with E-state index in [1.54, 1.807) is 0 Å². The molecule has 0 aromatic heterocycles. The second kappa shape index (κ2) is 3.75. The van der Waals surface area contributed by atoms with Crippen molar-refractivity contribution in [2.24, 2.45) is 9.98 Å². The maximum Gasteiger partial charge on any atom is 0.213 e. The summed E-state index contributed by atoms with van der Waals surface area (Å²) in [6.45, 7) is 0. The molecule has 3 aliphatic rings. The summed E-state index contributed by atoms with van der Waals surface area (Å²) in [5, 5.41) is 0.646. The Morgan fingerprint density at radius 3 is 2.58 bits per heavy atom. The molecule has 0 saturated heterocycles. The number of carbonyl (C=O) groups excluding carboxylic acids is 1. The number of allylic oxidation sites excluding steroid dienone is 2. The molecule has 2 atom stereocenters. The molecule has 4 rings (SSSR count). The number of hydrogen-bond acceptors (Lipinski definition) is 3. The Kier molecular flexibility index (Phi) is 2.15. The van der Waals surface area contributed by atoms with Gasteiger partial charge in [0.05, 0.1) is 17.8 Å². The second-order valence-electron chi connectivity index (χ2n) is 4.72. The van der Waals surface area contributed by atoms with Crippen molar-refractivity contribution in [1.82, 2.24) is 0 Å². The maximum absolute atomic E-state index is 12.3. The first-order chi connectivity index (χ1) is 9.24. The van der Waals surface area contributed by atoms with Gasteiger partial charge in [-0.3, -0.25) is 14.8 Å². The summed E-state index contributed by atoms with van der Waals surface area (Å²) in [5.41, 5.74) is 2.77. The molecule has 0 N–H and O–H groups in total. The maximum atomic E-state index is 12.3. The highest BCUT2D eigenvalue weighted by Crippen LogP contribution is 2.29. The number of nitrogens with zero attached hydrogens (tertiary/aromatic N) is 2. The van der Waals surface area contributed by atoms with E-state index in [-0.39, 0.29) is 17.9 Å². The van der Waals surface area contributed by atoms with Gasteiger partial charge in [-0.15, -0.1) is 0 Å². The first kappa shape index (κ1) is 10.9. The van der Waals surface area contributed by atoms with Crippen molar-refractivity contribution in [2.75, 3.05) is 0 Å². The topological polar surface area (TPSA) is 41.8 Å². The van der Waals surface area contributed by atoms with Gasteiger partial charge in [0.15, 0.2) is 0 Å². The minimum Gasteiger partial charge on any atom is -0.287 e. The van der Waals surface area contributed by atoms with E-state index in [1.165, 1.54) is 0 Å². The van der Waals surface area contributed by atoms with Gasteiger partial charge in [0, 0.05) is 16.2 Å². The lowest BCUT2D eigenvalue weighted by atomic mass is 10.00. The normalized spacial score (nSPS) is 27.0. The van der Waals surface area contributed by atoms with E-state index in [0.29, 0.717) is 16.3 Å². The molecule has 0 unspecified atom stereocenters. The summed E-state index contributed by atoms with van der Waals surface area (Å²) >= 11 is 5.98. The Morgan fingerprint density at radius 1 is 1.00 bits per heavy atom. The Bertz CT molecular complexity index is 727. The van der Waals surface area contributed by atoms with E-state index < -0.39 is 0 Å². The molecule has 0 saturated carbocycles. The number of ketones is 1. The smallest absolute Gasteiger partial charge is 0.213 e. The number of hydrogen-bond donors (Lipinski definition) is 0. The quantitative estimate of drug-likeness (QED) is 0.713. The standard InChI is InChI=1S/C15H9ClN2O/c16-8-5-6-11-12(7-8)18-14-13(17-11)9-3-1-2-4-10(9)15(14)19/h1-7,11-12H/t11-,12-/m1/s1. The van der Waals surface area contributed by atoms with Crippen molar-refractivity contribution in [3.63, 3.8) is 0 Å². The molecule has 2 aliphatic carbocycles. The van der Waals surface area contributed by atoms with Crippen LogP contribution in [0, 0.1) is 0 Å². The SMILES string of the molecule is O=C1C2=N[C@@H]3C=C(Cl)C=C[C@H]3N=C2c2ccccc21. The minimum atomic E-state index is -0.158. The first-order valence-electron chi connectivity index (χ1n) is 6.09. The van der Waals surface area contributed by atoms with Gasteiger partial charge < -0.3 is 0 Å². The lowest BCUT2D eigenvalue weighted by Crippen LogP contribution is -2.32. The number of halogens is 1. The van der Waals surface area contributed by atoms with Gasteiger partial charge in [-0.25, -0.2) is 0 Å². The van der Waals surface area contributed by atoms with Gasteiger partial charge in [0.1, 0.15) is 5.71 Å². The zero-order chi connectivity index (χ0) is 13.0. The molecule has 0 spiro atoms. The van der Waals surface area contributed by atoms with Crippen LogP contribution in [0.1, 0.15) is 15.9 Å². The summed E-state index contributed by atoms with van der Waals surface area (Å²) in [7, 11) is 0. The number of aliphatic imine (C=N–C) groups is 2. The Morgan fingerprint density at radius 2 is 1.74 bits per heavy atom. The molecule has 0 amide bonds. The van der Waals surface area contributed by atoms with E-state index in [4.69, 9.17) is 11.6 Å². The fourth-order valence-corrected chi connectivity index (χ4v) is 2.86. The number of rotatable bonds is 0. The molecule has 1 aromatic rings. The van der Waals surface area contributed by atoms with E-state index in [9.17, 15) is 4.79 Å². The van der Waals surface area contributed by atoms with Crippen LogP contribution in [0.3, 0.4) is 0 Å². The highest BCUT2D eigenvalue weighted by Gasteiger charge is 2.37. The molecular weight excluding hydrogens is 260 g/mol. The van der Waals surface area contributed by atoms with E-state index >= 15 is 0 Å². The lowest BCUT2D eigenvalue weighted by Gasteiger charge is -2.23. The number of fused-ring (bicyclic) bond motifs is 4.